The van der Waals surface area contributed by atoms with Crippen molar-refractivity contribution in [3.8, 4) is 0 Å². The highest BCUT2D eigenvalue weighted by molar-refractivity contribution is 5.83. The molecule has 15 heavy (non-hydrogen) atoms. The van der Waals surface area contributed by atoms with Crippen molar-refractivity contribution in [1.29, 1.82) is 0 Å². The molecule has 0 bridgehead atoms. The summed E-state index contributed by atoms with van der Waals surface area (Å²) < 4.78 is 0. The van der Waals surface area contributed by atoms with Crippen LogP contribution in [0.1, 0.15) is 27.2 Å². The molecule has 2 atom stereocenters. The molecular formula is C11H23N3O. The van der Waals surface area contributed by atoms with Crippen molar-refractivity contribution in [3.05, 3.63) is 0 Å². The number of hydrogen-bond donors (Lipinski definition) is 1. The third-order valence-corrected chi connectivity index (χ3v) is 3.23. The Morgan fingerprint density at radius 3 is 2.60 bits per heavy atom. The summed E-state index contributed by atoms with van der Waals surface area (Å²) in [6, 6.07) is 0.432. The first kappa shape index (κ1) is 12.5. The van der Waals surface area contributed by atoms with E-state index in [2.05, 4.69) is 25.7 Å². The first-order valence-corrected chi connectivity index (χ1v) is 5.71. The third kappa shape index (κ3) is 2.49. The van der Waals surface area contributed by atoms with E-state index in [1.54, 1.807) is 0 Å². The fourth-order valence-electron chi connectivity index (χ4n) is 2.31. The van der Waals surface area contributed by atoms with Crippen LogP contribution in [-0.2, 0) is 4.79 Å². The summed E-state index contributed by atoms with van der Waals surface area (Å²) in [7, 11) is 1.98. The van der Waals surface area contributed by atoms with Gasteiger partial charge in [-0.3, -0.25) is 9.69 Å². The summed E-state index contributed by atoms with van der Waals surface area (Å²) in [6.07, 6.45) is 1.02. The van der Waals surface area contributed by atoms with Crippen LogP contribution in [0.3, 0.4) is 0 Å². The number of carbonyl (C=O) groups is 1. The zero-order valence-electron chi connectivity index (χ0n) is 10.2. The lowest BCUT2D eigenvalue weighted by atomic mass is 10.1. The monoisotopic (exact) mass is 213 g/mol. The summed E-state index contributed by atoms with van der Waals surface area (Å²) in [5.74, 6) is 0.181. The first-order valence-electron chi connectivity index (χ1n) is 5.71. The summed E-state index contributed by atoms with van der Waals surface area (Å²) in [5, 5.41) is 0. The predicted molar refractivity (Wildman–Crippen MR) is 61.5 cm³/mol. The second-order valence-electron chi connectivity index (χ2n) is 4.71. The molecule has 1 saturated heterocycles. The quantitative estimate of drug-likeness (QED) is 0.716. The molecule has 0 radical (unpaired) electrons. The van der Waals surface area contributed by atoms with Crippen LogP contribution in [0.25, 0.3) is 0 Å². The number of nitrogens with zero attached hydrogens (tertiary/aromatic N) is 2. The minimum absolute atomic E-state index is 0.141. The van der Waals surface area contributed by atoms with E-state index in [0.717, 1.165) is 13.0 Å². The third-order valence-electron chi connectivity index (χ3n) is 3.23. The Morgan fingerprint density at radius 2 is 2.13 bits per heavy atom. The van der Waals surface area contributed by atoms with E-state index in [1.165, 1.54) is 0 Å². The highest BCUT2D eigenvalue weighted by Gasteiger charge is 2.34. The Bertz CT molecular complexity index is 230. The lowest BCUT2D eigenvalue weighted by Crippen LogP contribution is -2.52. The van der Waals surface area contributed by atoms with E-state index in [9.17, 15) is 4.79 Å². The van der Waals surface area contributed by atoms with Gasteiger partial charge in [0.1, 0.15) is 6.04 Å². The van der Waals surface area contributed by atoms with Crippen molar-refractivity contribution in [2.75, 3.05) is 20.1 Å². The summed E-state index contributed by atoms with van der Waals surface area (Å²) >= 11 is 0. The molecule has 1 aliphatic heterocycles. The van der Waals surface area contributed by atoms with Gasteiger partial charge in [0.25, 0.3) is 0 Å². The summed E-state index contributed by atoms with van der Waals surface area (Å²) in [6.45, 7) is 7.59. The average molecular weight is 213 g/mol. The van der Waals surface area contributed by atoms with Gasteiger partial charge in [0, 0.05) is 25.2 Å². The topological polar surface area (TPSA) is 49.6 Å². The van der Waals surface area contributed by atoms with Crippen molar-refractivity contribution in [1.82, 2.24) is 9.80 Å². The van der Waals surface area contributed by atoms with Gasteiger partial charge in [0.15, 0.2) is 0 Å². The number of carbonyl (C=O) groups excluding carboxylic acids is 1. The van der Waals surface area contributed by atoms with Gasteiger partial charge in [-0.2, -0.15) is 0 Å². The molecule has 1 aliphatic rings. The SMILES string of the molecule is CC(C)N1C(=O)C(CN)N(C)CCC1C. The van der Waals surface area contributed by atoms with E-state index in [-0.39, 0.29) is 18.0 Å². The lowest BCUT2D eigenvalue weighted by Gasteiger charge is -2.33. The van der Waals surface area contributed by atoms with E-state index in [0.29, 0.717) is 12.6 Å². The maximum Gasteiger partial charge on any atom is 0.241 e. The largest absolute Gasteiger partial charge is 0.336 e. The van der Waals surface area contributed by atoms with Crippen molar-refractivity contribution in [2.45, 2.75) is 45.3 Å². The molecule has 4 nitrogen and oxygen atoms in total. The molecule has 1 rings (SSSR count). The van der Waals surface area contributed by atoms with Crippen LogP contribution in [0.4, 0.5) is 0 Å². The van der Waals surface area contributed by atoms with Gasteiger partial charge in [0.05, 0.1) is 0 Å². The normalized spacial score (nSPS) is 29.7. The molecule has 0 saturated carbocycles. The highest BCUT2D eigenvalue weighted by Crippen LogP contribution is 2.17. The van der Waals surface area contributed by atoms with E-state index >= 15 is 0 Å². The summed E-state index contributed by atoms with van der Waals surface area (Å²) in [5.41, 5.74) is 5.67. The van der Waals surface area contributed by atoms with Gasteiger partial charge in [-0.05, 0) is 34.2 Å². The number of nitrogens with two attached hydrogens (primary N) is 1. The lowest BCUT2D eigenvalue weighted by molar-refractivity contribution is -0.138. The Morgan fingerprint density at radius 1 is 1.53 bits per heavy atom. The smallest absolute Gasteiger partial charge is 0.241 e. The standard InChI is InChI=1S/C11H23N3O/c1-8(2)14-9(3)5-6-13(4)10(7-12)11(14)15/h8-10H,5-7,12H2,1-4H3. The minimum atomic E-state index is -0.141. The van der Waals surface area contributed by atoms with Gasteiger partial charge in [-0.1, -0.05) is 0 Å². The Kier molecular flexibility index (Phi) is 4.11. The molecule has 2 unspecified atom stereocenters. The molecule has 4 heteroatoms. The maximum absolute atomic E-state index is 12.2. The molecular weight excluding hydrogens is 190 g/mol. The van der Waals surface area contributed by atoms with Gasteiger partial charge >= 0.3 is 0 Å². The molecule has 0 spiro atoms. The molecule has 0 aromatic rings. The molecule has 1 heterocycles. The molecule has 88 valence electrons. The van der Waals surface area contributed by atoms with E-state index < -0.39 is 0 Å². The Labute approximate surface area is 92.4 Å². The number of likely N-dealkylation sites (N-methyl/N-ethyl adjacent to an activating group) is 1. The Balaban J connectivity index is 2.90. The van der Waals surface area contributed by atoms with Crippen LogP contribution in [0.2, 0.25) is 0 Å². The van der Waals surface area contributed by atoms with Crippen LogP contribution in [0, 0.1) is 0 Å². The van der Waals surface area contributed by atoms with E-state index in [1.807, 2.05) is 11.9 Å². The van der Waals surface area contributed by atoms with E-state index in [4.69, 9.17) is 5.73 Å². The zero-order chi connectivity index (χ0) is 11.6. The summed E-state index contributed by atoms with van der Waals surface area (Å²) in [4.78, 5) is 16.3. The minimum Gasteiger partial charge on any atom is -0.336 e. The van der Waals surface area contributed by atoms with Crippen molar-refractivity contribution in [2.24, 2.45) is 5.73 Å². The Hall–Kier alpha value is -0.610. The molecule has 0 aliphatic carbocycles. The molecule has 0 aromatic carbocycles. The van der Waals surface area contributed by atoms with Crippen LogP contribution < -0.4 is 5.73 Å². The number of hydrogen-bond acceptors (Lipinski definition) is 3. The van der Waals surface area contributed by atoms with Crippen molar-refractivity contribution >= 4 is 5.91 Å². The van der Waals surface area contributed by atoms with Gasteiger partial charge in [0.2, 0.25) is 5.91 Å². The van der Waals surface area contributed by atoms with Gasteiger partial charge in [-0.15, -0.1) is 0 Å². The fraction of sp³-hybridized carbons (Fsp3) is 0.909. The van der Waals surface area contributed by atoms with Crippen LogP contribution >= 0.6 is 0 Å². The van der Waals surface area contributed by atoms with Crippen molar-refractivity contribution in [3.63, 3.8) is 0 Å². The van der Waals surface area contributed by atoms with Crippen molar-refractivity contribution < 1.29 is 4.79 Å². The molecule has 0 aromatic heterocycles. The predicted octanol–water partition coefficient (Wildman–Crippen LogP) is 0.275. The molecule has 1 fully saturated rings. The second-order valence-corrected chi connectivity index (χ2v) is 4.71. The van der Waals surface area contributed by atoms with Crippen LogP contribution in [-0.4, -0.2) is 54.0 Å². The number of rotatable bonds is 2. The number of amides is 1. The average Bonchev–Trinajstić information content (AvgIpc) is 2.24. The fourth-order valence-corrected chi connectivity index (χ4v) is 2.31. The molecule has 1 amide bonds. The zero-order valence-corrected chi connectivity index (χ0v) is 10.2. The van der Waals surface area contributed by atoms with Crippen LogP contribution in [0.15, 0.2) is 0 Å². The van der Waals surface area contributed by atoms with Gasteiger partial charge < -0.3 is 10.6 Å². The second kappa shape index (κ2) is 4.94. The molecule has 2 N–H and O–H groups in total. The van der Waals surface area contributed by atoms with Crippen LogP contribution in [0.5, 0.6) is 0 Å². The first-order chi connectivity index (χ1) is 6.99. The maximum atomic E-state index is 12.2. The van der Waals surface area contributed by atoms with Gasteiger partial charge in [-0.25, -0.2) is 0 Å². The highest BCUT2D eigenvalue weighted by atomic mass is 16.2.